The minimum absolute atomic E-state index is 0.000596. The van der Waals surface area contributed by atoms with Crippen molar-refractivity contribution in [2.24, 2.45) is 28.1 Å². The maximum atomic E-state index is 13.0. The Bertz CT molecular complexity index is 965. The SMILES string of the molecule is CC(C)CC(NC(=O)C(Cc1ccc(O)cc1)NC(=O)C(CO)NC(=O)C(N)CCCN=C(N)N)C(=O)O. The van der Waals surface area contributed by atoms with Crippen LogP contribution < -0.4 is 33.2 Å². The van der Waals surface area contributed by atoms with E-state index in [-0.39, 0.29) is 43.4 Å². The number of nitrogens with two attached hydrogens (primary N) is 3. The fourth-order valence-electron chi connectivity index (χ4n) is 3.44. The van der Waals surface area contributed by atoms with Gasteiger partial charge in [0, 0.05) is 13.0 Å². The van der Waals surface area contributed by atoms with Crippen molar-refractivity contribution in [1.82, 2.24) is 16.0 Å². The molecule has 12 N–H and O–H groups in total. The topological polar surface area (TPSA) is 255 Å². The van der Waals surface area contributed by atoms with Crippen LogP contribution in [0.1, 0.15) is 38.7 Å². The second kappa shape index (κ2) is 16.0. The van der Waals surface area contributed by atoms with Crippen molar-refractivity contribution in [3.63, 3.8) is 0 Å². The molecule has 4 atom stereocenters. The Morgan fingerprint density at radius 1 is 0.921 bits per heavy atom. The number of aliphatic hydroxyl groups excluding tert-OH is 1. The van der Waals surface area contributed by atoms with Crippen molar-refractivity contribution in [1.29, 1.82) is 0 Å². The summed E-state index contributed by atoms with van der Waals surface area (Å²) in [5, 5.41) is 36.0. The molecule has 0 heterocycles. The van der Waals surface area contributed by atoms with Crippen molar-refractivity contribution < 1.29 is 34.5 Å². The van der Waals surface area contributed by atoms with Crippen molar-refractivity contribution in [2.75, 3.05) is 13.2 Å². The standard InChI is InChI=1S/C24H39N7O7/c1-13(2)10-18(23(37)38)30-21(35)17(11-14-5-7-15(33)8-6-14)29-22(36)19(12-32)31-20(34)16(25)4-3-9-28-24(26)27/h5-8,13,16-19,32-33H,3-4,9-12,25H2,1-2H3,(H,29,36)(H,30,35)(H,31,34)(H,37,38)(H4,26,27,28). The molecule has 1 rings (SSSR count). The van der Waals surface area contributed by atoms with E-state index in [0.29, 0.717) is 12.0 Å². The fourth-order valence-corrected chi connectivity index (χ4v) is 3.44. The van der Waals surface area contributed by atoms with Crippen LogP contribution in [0.25, 0.3) is 0 Å². The molecular formula is C24H39N7O7. The van der Waals surface area contributed by atoms with E-state index >= 15 is 0 Å². The van der Waals surface area contributed by atoms with E-state index in [1.807, 2.05) is 0 Å². The van der Waals surface area contributed by atoms with Crippen molar-refractivity contribution in [3.8, 4) is 5.75 Å². The average Bonchev–Trinajstić information content (AvgIpc) is 2.84. The van der Waals surface area contributed by atoms with E-state index < -0.39 is 54.5 Å². The van der Waals surface area contributed by atoms with Crippen LogP contribution in [0.15, 0.2) is 29.3 Å². The number of nitrogens with one attached hydrogen (secondary N) is 3. The monoisotopic (exact) mass is 537 g/mol. The molecule has 14 heteroatoms. The minimum atomic E-state index is -1.42. The van der Waals surface area contributed by atoms with Crippen LogP contribution in [0, 0.1) is 5.92 Å². The number of aliphatic hydroxyl groups is 1. The zero-order valence-corrected chi connectivity index (χ0v) is 21.6. The van der Waals surface area contributed by atoms with Gasteiger partial charge in [0.25, 0.3) is 0 Å². The Labute approximate surface area is 221 Å². The number of aliphatic carboxylic acids is 1. The number of carbonyl (C=O) groups excluding carboxylic acids is 3. The van der Waals surface area contributed by atoms with Crippen LogP contribution in [-0.2, 0) is 25.6 Å². The molecule has 1 aromatic rings. The number of hydrogen-bond acceptors (Lipinski definition) is 8. The summed E-state index contributed by atoms with van der Waals surface area (Å²) >= 11 is 0. The smallest absolute Gasteiger partial charge is 0.326 e. The number of phenols is 1. The molecule has 0 aromatic heterocycles. The normalized spacial score (nSPS) is 14.0. The van der Waals surface area contributed by atoms with Crippen molar-refractivity contribution in [2.45, 2.75) is 63.7 Å². The summed E-state index contributed by atoms with van der Waals surface area (Å²) in [4.78, 5) is 53.8. The van der Waals surface area contributed by atoms with E-state index in [0.717, 1.165) is 0 Å². The molecule has 0 aliphatic rings. The van der Waals surface area contributed by atoms with Crippen LogP contribution in [0.4, 0.5) is 0 Å². The van der Waals surface area contributed by atoms with Crippen LogP contribution in [0.2, 0.25) is 0 Å². The van der Waals surface area contributed by atoms with Gasteiger partial charge in [-0.15, -0.1) is 0 Å². The summed E-state index contributed by atoms with van der Waals surface area (Å²) in [7, 11) is 0. The zero-order valence-electron chi connectivity index (χ0n) is 21.6. The van der Waals surface area contributed by atoms with Crippen molar-refractivity contribution in [3.05, 3.63) is 29.8 Å². The molecule has 0 saturated carbocycles. The highest BCUT2D eigenvalue weighted by Gasteiger charge is 2.30. The van der Waals surface area contributed by atoms with Gasteiger partial charge in [0.05, 0.1) is 12.6 Å². The molecule has 0 radical (unpaired) electrons. The largest absolute Gasteiger partial charge is 0.508 e. The summed E-state index contributed by atoms with van der Waals surface area (Å²) < 4.78 is 0. The van der Waals surface area contributed by atoms with Gasteiger partial charge in [-0.05, 0) is 42.9 Å². The van der Waals surface area contributed by atoms with Gasteiger partial charge in [0.1, 0.15) is 23.9 Å². The number of carbonyl (C=O) groups is 4. The zero-order chi connectivity index (χ0) is 28.8. The average molecular weight is 538 g/mol. The molecule has 3 amide bonds. The Morgan fingerprint density at radius 2 is 1.47 bits per heavy atom. The first-order chi connectivity index (χ1) is 17.8. The molecule has 0 saturated heterocycles. The minimum Gasteiger partial charge on any atom is -0.508 e. The van der Waals surface area contributed by atoms with Gasteiger partial charge in [-0.25, -0.2) is 4.79 Å². The predicted octanol–water partition coefficient (Wildman–Crippen LogP) is -2.11. The maximum absolute atomic E-state index is 13.0. The molecule has 0 bridgehead atoms. The summed E-state index contributed by atoms with van der Waals surface area (Å²) in [5.74, 6) is -3.69. The van der Waals surface area contributed by atoms with Gasteiger partial charge >= 0.3 is 5.97 Å². The Morgan fingerprint density at radius 3 is 2.00 bits per heavy atom. The van der Waals surface area contributed by atoms with Crippen LogP contribution in [-0.4, -0.2) is 82.3 Å². The molecule has 38 heavy (non-hydrogen) atoms. The van der Waals surface area contributed by atoms with Crippen LogP contribution in [0.3, 0.4) is 0 Å². The van der Waals surface area contributed by atoms with E-state index in [1.165, 1.54) is 24.3 Å². The molecule has 0 spiro atoms. The van der Waals surface area contributed by atoms with Crippen molar-refractivity contribution >= 4 is 29.7 Å². The second-order valence-electron chi connectivity index (χ2n) is 9.26. The van der Waals surface area contributed by atoms with E-state index in [1.54, 1.807) is 13.8 Å². The maximum Gasteiger partial charge on any atom is 0.326 e. The molecule has 0 aliphatic heterocycles. The summed E-state index contributed by atoms with van der Waals surface area (Å²) in [6, 6.07) is 1.01. The van der Waals surface area contributed by atoms with Gasteiger partial charge in [-0.3, -0.25) is 19.4 Å². The number of nitrogens with zero attached hydrogens (tertiary/aromatic N) is 1. The molecule has 14 nitrogen and oxygen atoms in total. The number of carboxylic acid groups (broad SMARTS) is 1. The molecule has 1 aromatic carbocycles. The van der Waals surface area contributed by atoms with Gasteiger partial charge in [-0.1, -0.05) is 26.0 Å². The third-order valence-electron chi connectivity index (χ3n) is 5.45. The highest BCUT2D eigenvalue weighted by atomic mass is 16.4. The Hall–Kier alpha value is -3.91. The summed E-state index contributed by atoms with van der Waals surface area (Å²) in [6.45, 7) is 3.09. The highest BCUT2D eigenvalue weighted by Crippen LogP contribution is 2.12. The number of phenolic OH excluding ortho intramolecular Hbond substituents is 1. The lowest BCUT2D eigenvalue weighted by atomic mass is 10.0. The van der Waals surface area contributed by atoms with Gasteiger partial charge in [0.2, 0.25) is 17.7 Å². The number of hydrogen-bond donors (Lipinski definition) is 9. The van der Waals surface area contributed by atoms with Crippen LogP contribution in [0.5, 0.6) is 5.75 Å². The van der Waals surface area contributed by atoms with Gasteiger partial charge < -0.3 is 48.5 Å². The first kappa shape index (κ1) is 32.1. The summed E-state index contributed by atoms with van der Waals surface area (Å²) in [5.41, 5.74) is 16.9. The lowest BCUT2D eigenvalue weighted by Gasteiger charge is -2.25. The first-order valence-electron chi connectivity index (χ1n) is 12.2. The van der Waals surface area contributed by atoms with E-state index in [9.17, 15) is 34.5 Å². The van der Waals surface area contributed by atoms with Crippen LogP contribution >= 0.6 is 0 Å². The second-order valence-corrected chi connectivity index (χ2v) is 9.26. The first-order valence-corrected chi connectivity index (χ1v) is 12.2. The third-order valence-corrected chi connectivity index (χ3v) is 5.45. The number of rotatable bonds is 16. The number of benzene rings is 1. The quantitative estimate of drug-likeness (QED) is 0.0630. The lowest BCUT2D eigenvalue weighted by molar-refractivity contribution is -0.142. The number of carboxylic acids is 1. The van der Waals surface area contributed by atoms with E-state index in [4.69, 9.17) is 17.2 Å². The molecule has 212 valence electrons. The van der Waals surface area contributed by atoms with E-state index in [2.05, 4.69) is 20.9 Å². The van der Waals surface area contributed by atoms with Gasteiger partial charge in [-0.2, -0.15) is 0 Å². The Kier molecular flexibility index (Phi) is 13.6. The predicted molar refractivity (Wildman–Crippen MR) is 140 cm³/mol. The Balaban J connectivity index is 2.96. The highest BCUT2D eigenvalue weighted by molar-refractivity contribution is 5.94. The summed E-state index contributed by atoms with van der Waals surface area (Å²) in [6.07, 6.45) is 0.721. The third kappa shape index (κ3) is 11.9. The number of aliphatic imine (C=N–C) groups is 1. The molecular weight excluding hydrogens is 498 g/mol. The lowest BCUT2D eigenvalue weighted by Crippen LogP contribution is -2.58. The molecule has 0 aliphatic carbocycles. The molecule has 0 fully saturated rings. The van der Waals surface area contributed by atoms with Gasteiger partial charge in [0.15, 0.2) is 5.96 Å². The fraction of sp³-hybridized carbons (Fsp3) is 0.542. The number of guanidine groups is 1. The molecule has 4 unspecified atom stereocenters. The number of aromatic hydroxyl groups is 1. The number of amides is 3.